The lowest BCUT2D eigenvalue weighted by Crippen LogP contribution is -2.04. The van der Waals surface area contributed by atoms with E-state index in [2.05, 4.69) is 93.6 Å². The van der Waals surface area contributed by atoms with Crippen molar-refractivity contribution in [2.45, 2.75) is 64.2 Å². The number of benzene rings is 4. The van der Waals surface area contributed by atoms with Crippen LogP contribution in [0.5, 0.6) is 0 Å². The van der Waals surface area contributed by atoms with Crippen molar-refractivity contribution in [3.05, 3.63) is 130 Å². The van der Waals surface area contributed by atoms with Crippen LogP contribution < -0.4 is 11.5 Å². The molecule has 4 aromatic carbocycles. The number of rotatable bonds is 10. The second-order valence-electron chi connectivity index (χ2n) is 10.2. The highest BCUT2D eigenvalue weighted by Gasteiger charge is 2.17. The molecule has 2 unspecified atom stereocenters. The number of hydrogen-bond acceptors (Lipinski definition) is 2. The molecule has 4 rings (SSSR count). The molecule has 0 saturated carbocycles. The molecule has 0 aliphatic carbocycles. The number of anilines is 2. The molecule has 0 amide bonds. The van der Waals surface area contributed by atoms with Gasteiger partial charge in [0.1, 0.15) is 0 Å². The van der Waals surface area contributed by atoms with Crippen LogP contribution in [0.25, 0.3) is 0 Å². The minimum Gasteiger partial charge on any atom is -0.399 e. The van der Waals surface area contributed by atoms with Gasteiger partial charge in [-0.25, -0.2) is 0 Å². The molecule has 0 fully saturated rings. The van der Waals surface area contributed by atoms with E-state index in [4.69, 9.17) is 11.5 Å². The van der Waals surface area contributed by atoms with E-state index in [0.29, 0.717) is 17.8 Å². The van der Waals surface area contributed by atoms with Crippen molar-refractivity contribution in [1.29, 1.82) is 0 Å². The van der Waals surface area contributed by atoms with Crippen LogP contribution in [0.15, 0.2) is 97.1 Å². The average molecular weight is 477 g/mol. The van der Waals surface area contributed by atoms with E-state index < -0.39 is 0 Å². The summed E-state index contributed by atoms with van der Waals surface area (Å²) in [5.74, 6) is 1.10. The van der Waals surface area contributed by atoms with Crippen LogP contribution in [-0.4, -0.2) is 0 Å². The highest BCUT2D eigenvalue weighted by molar-refractivity contribution is 5.45. The van der Waals surface area contributed by atoms with Crippen LogP contribution in [0.4, 0.5) is 11.4 Å². The van der Waals surface area contributed by atoms with Crippen LogP contribution in [0.1, 0.15) is 97.6 Å². The van der Waals surface area contributed by atoms with E-state index >= 15 is 0 Å². The van der Waals surface area contributed by atoms with Gasteiger partial charge in [-0.05, 0) is 64.1 Å². The van der Waals surface area contributed by atoms with Crippen LogP contribution in [0.3, 0.4) is 0 Å². The molecule has 36 heavy (non-hydrogen) atoms. The van der Waals surface area contributed by atoms with Crippen LogP contribution in [0.2, 0.25) is 0 Å². The van der Waals surface area contributed by atoms with Gasteiger partial charge in [0.05, 0.1) is 0 Å². The zero-order chi connectivity index (χ0) is 25.5. The molecule has 2 nitrogen and oxygen atoms in total. The summed E-state index contributed by atoms with van der Waals surface area (Å²) >= 11 is 0. The number of hydrogen-bond donors (Lipinski definition) is 2. The fourth-order valence-electron chi connectivity index (χ4n) is 5.11. The molecular formula is C34H40N2. The molecule has 4 N–H and O–H groups in total. The Kier molecular flexibility index (Phi) is 8.48. The molecule has 0 aliphatic rings. The van der Waals surface area contributed by atoms with E-state index in [9.17, 15) is 0 Å². The summed E-state index contributed by atoms with van der Waals surface area (Å²) in [6, 6.07) is 35.1. The molecule has 2 heteroatoms. The van der Waals surface area contributed by atoms with Crippen LogP contribution >= 0.6 is 0 Å². The summed E-state index contributed by atoms with van der Waals surface area (Å²) in [7, 11) is 0. The molecule has 2 atom stereocenters. The third kappa shape index (κ3) is 6.18. The average Bonchev–Trinajstić information content (AvgIpc) is 2.92. The first-order chi connectivity index (χ1) is 17.5. The number of nitrogens with two attached hydrogens (primary N) is 2. The summed E-state index contributed by atoms with van der Waals surface area (Å²) in [5, 5.41) is 0. The Labute approximate surface area is 217 Å². The summed E-state index contributed by atoms with van der Waals surface area (Å²) in [5.41, 5.74) is 21.4. The largest absolute Gasteiger partial charge is 0.399 e. The van der Waals surface area contributed by atoms with Gasteiger partial charge in [0.2, 0.25) is 0 Å². The number of unbranched alkanes of at least 4 members (excludes halogenated alkanes) is 2. The maximum absolute atomic E-state index is 5.88. The molecule has 0 aliphatic heterocycles. The molecule has 0 heterocycles. The van der Waals surface area contributed by atoms with Crippen molar-refractivity contribution in [3.8, 4) is 0 Å². The fraction of sp³-hybridized carbons (Fsp3) is 0.294. The topological polar surface area (TPSA) is 52.0 Å². The van der Waals surface area contributed by atoms with Crippen molar-refractivity contribution < 1.29 is 0 Å². The van der Waals surface area contributed by atoms with E-state index in [-0.39, 0.29) is 0 Å². The van der Waals surface area contributed by atoms with Crippen molar-refractivity contribution >= 4 is 11.4 Å². The van der Waals surface area contributed by atoms with E-state index in [0.717, 1.165) is 11.4 Å². The molecule has 0 aromatic heterocycles. The highest BCUT2D eigenvalue weighted by Crippen LogP contribution is 2.34. The van der Waals surface area contributed by atoms with Gasteiger partial charge in [-0.2, -0.15) is 0 Å². The van der Waals surface area contributed by atoms with Gasteiger partial charge in [-0.1, -0.05) is 113 Å². The smallest absolute Gasteiger partial charge is 0.0314 e. The quantitative estimate of drug-likeness (QED) is 0.177. The standard InChI is InChI=1S/C34H40N2/c1-4-5-6-7-34(30-12-8-26(9-13-30)24(2)28-16-20-32(35)21-17-28)31-14-10-27(11-15-31)25(3)29-18-22-33(36)23-19-29/h8-25,34H,4-7,35-36H2,1-3H3. The minimum atomic E-state index is 0.340. The van der Waals surface area contributed by atoms with Crippen molar-refractivity contribution in [2.75, 3.05) is 11.5 Å². The Morgan fingerprint density at radius 3 is 1.11 bits per heavy atom. The Morgan fingerprint density at radius 1 is 0.472 bits per heavy atom. The summed E-state index contributed by atoms with van der Waals surface area (Å²) in [6.07, 6.45) is 4.93. The predicted molar refractivity (Wildman–Crippen MR) is 156 cm³/mol. The van der Waals surface area contributed by atoms with Crippen LogP contribution in [0, 0.1) is 0 Å². The van der Waals surface area contributed by atoms with Gasteiger partial charge >= 0.3 is 0 Å². The first-order valence-corrected chi connectivity index (χ1v) is 13.4. The zero-order valence-corrected chi connectivity index (χ0v) is 22.0. The summed E-state index contributed by atoms with van der Waals surface area (Å²) in [6.45, 7) is 6.80. The van der Waals surface area contributed by atoms with Gasteiger partial charge in [-0.15, -0.1) is 0 Å². The highest BCUT2D eigenvalue weighted by atomic mass is 14.5. The van der Waals surface area contributed by atoms with Gasteiger partial charge in [0.25, 0.3) is 0 Å². The first kappa shape index (κ1) is 25.6. The third-order valence-electron chi connectivity index (χ3n) is 7.65. The number of nitrogen functional groups attached to an aromatic ring is 2. The molecule has 0 spiro atoms. The van der Waals surface area contributed by atoms with Gasteiger partial charge in [0.15, 0.2) is 0 Å². The lowest BCUT2D eigenvalue weighted by Gasteiger charge is -2.21. The minimum absolute atomic E-state index is 0.340. The second-order valence-corrected chi connectivity index (χ2v) is 10.2. The maximum Gasteiger partial charge on any atom is 0.0314 e. The SMILES string of the molecule is CCCCCC(c1ccc(C(C)c2ccc(N)cc2)cc1)c1ccc(C(C)c2ccc(N)cc2)cc1. The maximum atomic E-state index is 5.88. The Bertz CT molecular complexity index is 1110. The molecule has 186 valence electrons. The van der Waals surface area contributed by atoms with Crippen molar-refractivity contribution in [3.63, 3.8) is 0 Å². The summed E-state index contributed by atoms with van der Waals surface area (Å²) < 4.78 is 0. The third-order valence-corrected chi connectivity index (χ3v) is 7.65. The molecular weight excluding hydrogens is 436 g/mol. The van der Waals surface area contributed by atoms with Gasteiger partial charge < -0.3 is 11.5 Å². The molecule has 0 bridgehead atoms. The normalized spacial score (nSPS) is 13.8. The van der Waals surface area contributed by atoms with E-state index in [1.807, 2.05) is 24.3 Å². The monoisotopic (exact) mass is 476 g/mol. The van der Waals surface area contributed by atoms with E-state index in [1.54, 1.807) is 0 Å². The second kappa shape index (κ2) is 11.9. The Hall–Kier alpha value is -3.52. The molecule has 4 aromatic rings. The lowest BCUT2D eigenvalue weighted by molar-refractivity contribution is 0.618. The van der Waals surface area contributed by atoms with Gasteiger partial charge in [0, 0.05) is 29.1 Å². The Morgan fingerprint density at radius 2 is 0.778 bits per heavy atom. The summed E-state index contributed by atoms with van der Waals surface area (Å²) in [4.78, 5) is 0. The Balaban J connectivity index is 1.55. The van der Waals surface area contributed by atoms with Crippen LogP contribution in [-0.2, 0) is 0 Å². The van der Waals surface area contributed by atoms with Crippen molar-refractivity contribution in [1.82, 2.24) is 0 Å². The first-order valence-electron chi connectivity index (χ1n) is 13.4. The van der Waals surface area contributed by atoms with Crippen molar-refractivity contribution in [2.24, 2.45) is 0 Å². The molecule has 0 radical (unpaired) electrons. The lowest BCUT2D eigenvalue weighted by atomic mass is 9.84. The predicted octanol–water partition coefficient (Wildman–Crippen LogP) is 8.87. The fourth-order valence-corrected chi connectivity index (χ4v) is 5.11. The molecule has 0 saturated heterocycles. The van der Waals surface area contributed by atoms with Gasteiger partial charge in [-0.3, -0.25) is 0 Å². The van der Waals surface area contributed by atoms with E-state index in [1.165, 1.54) is 59.1 Å². The zero-order valence-electron chi connectivity index (χ0n) is 22.0.